The number of hydrogen-bond donors (Lipinski definition) is 2. The number of nitrogens with zero attached hydrogens (tertiary/aromatic N) is 2. The van der Waals surface area contributed by atoms with Crippen LogP contribution in [0.5, 0.6) is 5.75 Å². The molecule has 1 amide bonds. The Morgan fingerprint density at radius 1 is 1.15 bits per heavy atom. The Morgan fingerprint density at radius 2 is 1.88 bits per heavy atom. The number of aryl methyl sites for hydroxylation is 1. The molecule has 0 saturated heterocycles. The maximum Gasteiger partial charge on any atom is 0.413 e. The van der Waals surface area contributed by atoms with E-state index in [0.717, 1.165) is 42.2 Å². The van der Waals surface area contributed by atoms with Crippen LogP contribution in [0.4, 0.5) is 10.6 Å². The number of benzene rings is 2. The summed E-state index contributed by atoms with van der Waals surface area (Å²) in [5.74, 6) is 1.18. The average molecular weight is 486 g/mol. The van der Waals surface area contributed by atoms with E-state index in [-0.39, 0.29) is 6.10 Å². The molecule has 8 heteroatoms. The number of ether oxygens (including phenoxy) is 2. The third kappa shape index (κ3) is 7.50. The molecule has 2 N–H and O–H groups in total. The van der Waals surface area contributed by atoms with Gasteiger partial charge in [0.15, 0.2) is 5.82 Å². The molecule has 3 aromatic rings. The third-order valence-electron chi connectivity index (χ3n) is 5.68. The van der Waals surface area contributed by atoms with Gasteiger partial charge in [-0.05, 0) is 51.5 Å². The molecule has 7 nitrogen and oxygen atoms in total. The van der Waals surface area contributed by atoms with Crippen molar-refractivity contribution in [1.82, 2.24) is 9.78 Å². The van der Waals surface area contributed by atoms with Crippen LogP contribution >= 0.6 is 11.6 Å². The predicted molar refractivity (Wildman–Crippen MR) is 135 cm³/mol. The quantitative estimate of drug-likeness (QED) is 0.424. The van der Waals surface area contributed by atoms with Crippen molar-refractivity contribution in [2.45, 2.75) is 47.0 Å². The Bertz CT molecular complexity index is 1070. The van der Waals surface area contributed by atoms with Gasteiger partial charge in [-0.15, -0.1) is 0 Å². The molecule has 0 aliphatic heterocycles. The standard InChI is InChI=1S/C26H33ClN4O3/c1-5-30(6-2)16-20(4)34-26(32)28-25-14-19(3)31(29-25)17-22-15-23(27)12-13-24(22)33-18-21-10-8-7-9-11-21/h7-15,20H,5-6,16-18H2,1-4H3,(H,28,29,32)/p+1. The first kappa shape index (κ1) is 25.6. The average Bonchev–Trinajstić information content (AvgIpc) is 3.15. The first-order valence-electron chi connectivity index (χ1n) is 11.7. The molecule has 2 aromatic carbocycles. The van der Waals surface area contributed by atoms with Gasteiger partial charge in [-0.3, -0.25) is 10.00 Å². The SMILES string of the molecule is CC[NH+](CC)CC(C)OC(=O)Nc1cc(C)n(Cc2cc(Cl)ccc2OCc2ccccc2)n1. The second kappa shape index (κ2) is 12.4. The van der Waals surface area contributed by atoms with Gasteiger partial charge in [0.25, 0.3) is 0 Å². The second-order valence-corrected chi connectivity index (χ2v) is 8.79. The largest absolute Gasteiger partial charge is 0.489 e. The fourth-order valence-electron chi connectivity index (χ4n) is 3.74. The van der Waals surface area contributed by atoms with Gasteiger partial charge in [0.05, 0.1) is 19.6 Å². The van der Waals surface area contributed by atoms with Crippen molar-refractivity contribution in [2.75, 3.05) is 25.0 Å². The van der Waals surface area contributed by atoms with Gasteiger partial charge < -0.3 is 14.4 Å². The zero-order chi connectivity index (χ0) is 24.5. The zero-order valence-electron chi connectivity index (χ0n) is 20.3. The molecule has 34 heavy (non-hydrogen) atoms. The van der Waals surface area contributed by atoms with Crippen molar-refractivity contribution in [3.63, 3.8) is 0 Å². The molecule has 0 aliphatic carbocycles. The van der Waals surface area contributed by atoms with E-state index in [1.165, 1.54) is 4.90 Å². The number of carbonyl (C=O) groups is 1. The molecule has 0 saturated carbocycles. The maximum absolute atomic E-state index is 12.3. The van der Waals surface area contributed by atoms with Crippen LogP contribution in [0, 0.1) is 6.92 Å². The van der Waals surface area contributed by atoms with Gasteiger partial charge in [-0.1, -0.05) is 41.9 Å². The van der Waals surface area contributed by atoms with Crippen LogP contribution in [0.2, 0.25) is 5.02 Å². The molecule has 0 spiro atoms. The zero-order valence-corrected chi connectivity index (χ0v) is 21.1. The Morgan fingerprint density at radius 3 is 2.59 bits per heavy atom. The number of aromatic nitrogens is 2. The number of nitrogens with one attached hydrogen (secondary N) is 2. The highest BCUT2D eigenvalue weighted by atomic mass is 35.5. The van der Waals surface area contributed by atoms with Crippen LogP contribution in [0.1, 0.15) is 37.6 Å². The normalized spacial score (nSPS) is 11.9. The lowest BCUT2D eigenvalue weighted by Gasteiger charge is -2.20. The first-order valence-corrected chi connectivity index (χ1v) is 12.1. The van der Waals surface area contributed by atoms with Gasteiger partial charge in [-0.2, -0.15) is 5.10 Å². The molecule has 1 heterocycles. The minimum atomic E-state index is -0.502. The molecular weight excluding hydrogens is 452 g/mol. The number of hydrogen-bond acceptors (Lipinski definition) is 4. The van der Waals surface area contributed by atoms with E-state index in [0.29, 0.717) is 24.0 Å². The van der Waals surface area contributed by atoms with Crippen LogP contribution in [0.3, 0.4) is 0 Å². The van der Waals surface area contributed by atoms with Crippen molar-refractivity contribution in [2.24, 2.45) is 0 Å². The fourth-order valence-corrected chi connectivity index (χ4v) is 3.94. The number of carbonyl (C=O) groups excluding carboxylic acids is 1. The Balaban J connectivity index is 1.64. The molecule has 0 bridgehead atoms. The lowest BCUT2D eigenvalue weighted by atomic mass is 10.2. The summed E-state index contributed by atoms with van der Waals surface area (Å²) in [7, 11) is 0. The molecule has 0 fully saturated rings. The van der Waals surface area contributed by atoms with Crippen LogP contribution in [0.15, 0.2) is 54.6 Å². The van der Waals surface area contributed by atoms with Crippen LogP contribution in [-0.4, -0.2) is 41.6 Å². The van der Waals surface area contributed by atoms with Crippen molar-refractivity contribution in [3.8, 4) is 5.75 Å². The monoisotopic (exact) mass is 485 g/mol. The Kier molecular flexibility index (Phi) is 9.36. The highest BCUT2D eigenvalue weighted by Gasteiger charge is 2.17. The van der Waals surface area contributed by atoms with E-state index in [9.17, 15) is 4.79 Å². The lowest BCUT2D eigenvalue weighted by Crippen LogP contribution is -3.12. The van der Waals surface area contributed by atoms with E-state index < -0.39 is 6.09 Å². The van der Waals surface area contributed by atoms with Gasteiger partial charge in [0.1, 0.15) is 25.0 Å². The fraction of sp³-hybridized carbons (Fsp3) is 0.385. The van der Waals surface area contributed by atoms with Crippen molar-refractivity contribution >= 4 is 23.5 Å². The summed E-state index contributed by atoms with van der Waals surface area (Å²) in [6.07, 6.45) is -0.688. The Labute approximate surface area is 206 Å². The highest BCUT2D eigenvalue weighted by Crippen LogP contribution is 2.25. The number of amides is 1. The minimum absolute atomic E-state index is 0.186. The summed E-state index contributed by atoms with van der Waals surface area (Å²) in [4.78, 5) is 13.7. The number of anilines is 1. The maximum atomic E-state index is 12.3. The molecule has 1 aromatic heterocycles. The predicted octanol–water partition coefficient (Wildman–Crippen LogP) is 4.33. The summed E-state index contributed by atoms with van der Waals surface area (Å²) in [5.41, 5.74) is 2.88. The summed E-state index contributed by atoms with van der Waals surface area (Å²) < 4.78 is 13.4. The van der Waals surface area contributed by atoms with E-state index in [1.807, 2.05) is 68.4 Å². The molecule has 1 unspecified atom stereocenters. The molecule has 182 valence electrons. The van der Waals surface area contributed by atoms with Crippen molar-refractivity contribution < 1.29 is 19.2 Å². The number of quaternary nitrogens is 1. The van der Waals surface area contributed by atoms with E-state index in [4.69, 9.17) is 21.1 Å². The third-order valence-corrected chi connectivity index (χ3v) is 5.91. The molecule has 3 rings (SSSR count). The molecular formula is C26H34ClN4O3+. The van der Waals surface area contributed by atoms with E-state index in [2.05, 4.69) is 24.3 Å². The van der Waals surface area contributed by atoms with E-state index >= 15 is 0 Å². The summed E-state index contributed by atoms with van der Waals surface area (Å²) in [6.45, 7) is 11.8. The van der Waals surface area contributed by atoms with Crippen molar-refractivity contribution in [1.29, 1.82) is 0 Å². The van der Waals surface area contributed by atoms with Gasteiger partial charge in [-0.25, -0.2) is 4.79 Å². The molecule has 0 aliphatic rings. The summed E-state index contributed by atoms with van der Waals surface area (Å²) in [5, 5.41) is 7.90. The van der Waals surface area contributed by atoms with Crippen LogP contribution in [-0.2, 0) is 17.9 Å². The number of likely N-dealkylation sites (N-methyl/N-ethyl adjacent to an activating group) is 1. The van der Waals surface area contributed by atoms with Crippen LogP contribution in [0.25, 0.3) is 0 Å². The topological polar surface area (TPSA) is 69.8 Å². The highest BCUT2D eigenvalue weighted by molar-refractivity contribution is 6.30. The first-order chi connectivity index (χ1) is 16.4. The van der Waals surface area contributed by atoms with Gasteiger partial charge in [0, 0.05) is 22.3 Å². The summed E-state index contributed by atoms with van der Waals surface area (Å²) >= 11 is 6.26. The number of rotatable bonds is 11. The van der Waals surface area contributed by atoms with Gasteiger partial charge in [0.2, 0.25) is 0 Å². The molecule has 0 radical (unpaired) electrons. The van der Waals surface area contributed by atoms with E-state index in [1.54, 1.807) is 4.68 Å². The number of halogens is 1. The van der Waals surface area contributed by atoms with Gasteiger partial charge >= 0.3 is 6.09 Å². The Hall–Kier alpha value is -3.03. The van der Waals surface area contributed by atoms with Crippen LogP contribution < -0.4 is 15.0 Å². The lowest BCUT2D eigenvalue weighted by molar-refractivity contribution is -0.899. The smallest absolute Gasteiger partial charge is 0.413 e. The molecule has 1 atom stereocenters. The summed E-state index contributed by atoms with van der Waals surface area (Å²) in [6, 6.07) is 17.4. The van der Waals surface area contributed by atoms with Crippen molar-refractivity contribution in [3.05, 3.63) is 76.4 Å². The minimum Gasteiger partial charge on any atom is -0.489 e. The second-order valence-electron chi connectivity index (χ2n) is 8.36.